The number of aryl methyl sites for hydroxylation is 3. The second-order valence-electron chi connectivity index (χ2n) is 8.65. The number of rotatable bonds is 5. The van der Waals surface area contributed by atoms with Crippen LogP contribution in [-0.4, -0.2) is 32.8 Å². The van der Waals surface area contributed by atoms with Gasteiger partial charge >= 0.3 is 0 Å². The van der Waals surface area contributed by atoms with Crippen molar-refractivity contribution in [2.24, 2.45) is 0 Å². The molecule has 34 heavy (non-hydrogen) atoms. The highest BCUT2D eigenvalue weighted by Crippen LogP contribution is 2.45. The lowest BCUT2D eigenvalue weighted by atomic mass is 9.84. The Morgan fingerprint density at radius 3 is 2.35 bits per heavy atom. The van der Waals surface area contributed by atoms with Crippen LogP contribution in [0.25, 0.3) is 5.95 Å². The van der Waals surface area contributed by atoms with Crippen LogP contribution in [0.2, 0.25) is 0 Å². The van der Waals surface area contributed by atoms with Crippen molar-refractivity contribution in [3.63, 3.8) is 0 Å². The first kappa shape index (κ1) is 21.8. The van der Waals surface area contributed by atoms with Crippen LogP contribution < -0.4 is 9.64 Å². The Morgan fingerprint density at radius 1 is 0.971 bits per heavy atom. The molecule has 0 saturated heterocycles. The van der Waals surface area contributed by atoms with Gasteiger partial charge in [0.15, 0.2) is 0 Å². The van der Waals surface area contributed by atoms with Crippen LogP contribution in [0.15, 0.2) is 60.7 Å². The van der Waals surface area contributed by atoms with E-state index in [1.54, 1.807) is 11.8 Å². The molecule has 7 heteroatoms. The molecule has 1 atom stereocenters. The molecule has 0 aliphatic carbocycles. The number of para-hydroxylation sites is 1. The molecule has 4 aromatic rings. The van der Waals surface area contributed by atoms with Gasteiger partial charge in [-0.1, -0.05) is 48.5 Å². The highest BCUT2D eigenvalue weighted by atomic mass is 16.5. The van der Waals surface area contributed by atoms with Crippen LogP contribution in [0.1, 0.15) is 46.1 Å². The van der Waals surface area contributed by atoms with E-state index in [1.165, 1.54) is 0 Å². The minimum Gasteiger partial charge on any atom is -0.496 e. The third-order valence-corrected chi connectivity index (χ3v) is 6.22. The zero-order valence-corrected chi connectivity index (χ0v) is 19.8. The summed E-state index contributed by atoms with van der Waals surface area (Å²) in [5, 5.41) is 4.86. The molecule has 1 aliphatic heterocycles. The standard InChI is InChI=1S/C27H27N5O2/c1-17-14-18(2)29-27(28-17)32-26-25(19(3)30-32)22(21-12-8-9-13-23(21)34-4)15-24(33)31(26)16-20-10-6-5-7-11-20/h5-14,22H,15-16H2,1-4H3. The Bertz CT molecular complexity index is 1340. The summed E-state index contributed by atoms with van der Waals surface area (Å²) in [5.74, 6) is 1.80. The molecule has 172 valence electrons. The summed E-state index contributed by atoms with van der Waals surface area (Å²) >= 11 is 0. The number of carbonyl (C=O) groups excluding carboxylic acids is 1. The predicted molar refractivity (Wildman–Crippen MR) is 130 cm³/mol. The smallest absolute Gasteiger partial charge is 0.252 e. The Hall–Kier alpha value is -4.00. The van der Waals surface area contributed by atoms with E-state index in [2.05, 4.69) is 9.97 Å². The maximum absolute atomic E-state index is 13.7. The Morgan fingerprint density at radius 2 is 1.65 bits per heavy atom. The summed E-state index contributed by atoms with van der Waals surface area (Å²) in [6, 6.07) is 19.8. The van der Waals surface area contributed by atoms with Crippen molar-refractivity contribution < 1.29 is 9.53 Å². The van der Waals surface area contributed by atoms with E-state index in [0.29, 0.717) is 18.9 Å². The molecule has 1 unspecified atom stereocenters. The maximum Gasteiger partial charge on any atom is 0.252 e. The maximum atomic E-state index is 13.7. The zero-order chi connectivity index (χ0) is 23.8. The number of hydrogen-bond donors (Lipinski definition) is 0. The summed E-state index contributed by atoms with van der Waals surface area (Å²) in [6.45, 7) is 6.30. The number of nitrogens with zero attached hydrogens (tertiary/aromatic N) is 5. The first-order valence-corrected chi connectivity index (χ1v) is 11.4. The molecular formula is C27H27N5O2. The topological polar surface area (TPSA) is 73.1 Å². The first-order chi connectivity index (χ1) is 16.5. The fourth-order valence-corrected chi connectivity index (χ4v) is 4.79. The zero-order valence-electron chi connectivity index (χ0n) is 19.8. The van der Waals surface area contributed by atoms with Gasteiger partial charge in [0.25, 0.3) is 5.95 Å². The van der Waals surface area contributed by atoms with Crippen molar-refractivity contribution in [2.45, 2.75) is 39.7 Å². The molecule has 0 bridgehead atoms. The van der Waals surface area contributed by atoms with Crippen LogP contribution in [0.4, 0.5) is 5.82 Å². The highest BCUT2D eigenvalue weighted by Gasteiger charge is 2.39. The van der Waals surface area contributed by atoms with Gasteiger partial charge in [-0.3, -0.25) is 9.69 Å². The van der Waals surface area contributed by atoms with Gasteiger partial charge in [-0.25, -0.2) is 9.97 Å². The first-order valence-electron chi connectivity index (χ1n) is 11.4. The van der Waals surface area contributed by atoms with E-state index in [1.807, 2.05) is 86.3 Å². The Labute approximate surface area is 199 Å². The number of carbonyl (C=O) groups is 1. The fraction of sp³-hybridized carbons (Fsp3) is 0.259. The molecule has 0 saturated carbocycles. The Kier molecular flexibility index (Phi) is 5.61. The average Bonchev–Trinajstić information content (AvgIpc) is 3.18. The lowest BCUT2D eigenvalue weighted by Crippen LogP contribution is -2.38. The average molecular weight is 454 g/mol. The van der Waals surface area contributed by atoms with E-state index in [0.717, 1.165) is 45.3 Å². The van der Waals surface area contributed by atoms with Gasteiger partial charge in [0.1, 0.15) is 11.6 Å². The predicted octanol–water partition coefficient (Wildman–Crippen LogP) is 4.66. The number of hydrogen-bond acceptors (Lipinski definition) is 5. The third kappa shape index (κ3) is 3.83. The van der Waals surface area contributed by atoms with E-state index in [-0.39, 0.29) is 11.8 Å². The van der Waals surface area contributed by atoms with Crippen LogP contribution in [-0.2, 0) is 11.3 Å². The van der Waals surface area contributed by atoms with Crippen LogP contribution in [0.3, 0.4) is 0 Å². The normalized spacial score (nSPS) is 15.4. The number of benzene rings is 2. The SMILES string of the molecule is COc1ccccc1C1CC(=O)N(Cc2ccccc2)c2c1c(C)nn2-c1nc(C)cc(C)n1. The van der Waals surface area contributed by atoms with Crippen molar-refractivity contribution in [3.8, 4) is 11.7 Å². The minimum absolute atomic E-state index is 0.0257. The summed E-state index contributed by atoms with van der Waals surface area (Å²) in [7, 11) is 1.66. The third-order valence-electron chi connectivity index (χ3n) is 6.22. The van der Waals surface area contributed by atoms with Gasteiger partial charge < -0.3 is 4.74 Å². The molecule has 0 radical (unpaired) electrons. The van der Waals surface area contributed by atoms with E-state index in [9.17, 15) is 4.79 Å². The quantitative estimate of drug-likeness (QED) is 0.439. The van der Waals surface area contributed by atoms with Crippen molar-refractivity contribution in [1.82, 2.24) is 19.7 Å². The van der Waals surface area contributed by atoms with Crippen molar-refractivity contribution in [2.75, 3.05) is 12.0 Å². The van der Waals surface area contributed by atoms with Crippen LogP contribution in [0, 0.1) is 20.8 Å². The van der Waals surface area contributed by atoms with E-state index >= 15 is 0 Å². The number of fused-ring (bicyclic) bond motifs is 1. The summed E-state index contributed by atoms with van der Waals surface area (Å²) in [6.07, 6.45) is 0.334. The summed E-state index contributed by atoms with van der Waals surface area (Å²) in [5.41, 5.74) is 5.57. The van der Waals surface area contributed by atoms with E-state index < -0.39 is 0 Å². The molecular weight excluding hydrogens is 426 g/mol. The highest BCUT2D eigenvalue weighted by molar-refractivity contribution is 5.97. The molecule has 1 amide bonds. The molecule has 2 aromatic heterocycles. The van der Waals surface area contributed by atoms with Gasteiger partial charge in [0, 0.05) is 34.9 Å². The lowest BCUT2D eigenvalue weighted by molar-refractivity contribution is -0.119. The van der Waals surface area contributed by atoms with Crippen molar-refractivity contribution in [1.29, 1.82) is 0 Å². The number of ether oxygens (including phenoxy) is 1. The number of aromatic nitrogens is 4. The lowest BCUT2D eigenvalue weighted by Gasteiger charge is -2.33. The molecule has 7 nitrogen and oxygen atoms in total. The summed E-state index contributed by atoms with van der Waals surface area (Å²) < 4.78 is 7.39. The van der Waals surface area contributed by atoms with E-state index in [4.69, 9.17) is 9.84 Å². The summed E-state index contributed by atoms with van der Waals surface area (Å²) in [4.78, 5) is 24.8. The van der Waals surface area contributed by atoms with Gasteiger partial charge in [0.2, 0.25) is 5.91 Å². The van der Waals surface area contributed by atoms with Gasteiger partial charge in [-0.15, -0.1) is 0 Å². The fourth-order valence-electron chi connectivity index (χ4n) is 4.79. The monoisotopic (exact) mass is 453 g/mol. The number of methoxy groups -OCH3 is 1. The van der Waals surface area contributed by atoms with Crippen molar-refractivity contribution >= 4 is 11.7 Å². The molecule has 1 aliphatic rings. The second kappa shape index (κ2) is 8.74. The largest absolute Gasteiger partial charge is 0.496 e. The van der Waals surface area contributed by atoms with Gasteiger partial charge in [0.05, 0.1) is 19.3 Å². The number of amides is 1. The molecule has 3 heterocycles. The van der Waals surface area contributed by atoms with Crippen molar-refractivity contribution in [3.05, 3.63) is 94.4 Å². The molecule has 2 aromatic carbocycles. The number of anilines is 1. The molecule has 0 N–H and O–H groups in total. The van der Waals surface area contributed by atoms with Crippen LogP contribution in [0.5, 0.6) is 5.75 Å². The molecule has 0 fully saturated rings. The van der Waals surface area contributed by atoms with Gasteiger partial charge in [-0.05, 0) is 38.5 Å². The molecule has 5 rings (SSSR count). The molecule has 0 spiro atoms. The van der Waals surface area contributed by atoms with Gasteiger partial charge in [-0.2, -0.15) is 9.78 Å². The Balaban J connectivity index is 1.73. The van der Waals surface area contributed by atoms with Crippen LogP contribution >= 0.6 is 0 Å². The minimum atomic E-state index is -0.176. The second-order valence-corrected chi connectivity index (χ2v) is 8.65.